The highest BCUT2D eigenvalue weighted by Crippen LogP contribution is 2.29. The van der Waals surface area contributed by atoms with E-state index in [0.29, 0.717) is 18.7 Å². The highest BCUT2D eigenvalue weighted by atomic mass is 16.3. The highest BCUT2D eigenvalue weighted by molar-refractivity contribution is 5.81. The van der Waals surface area contributed by atoms with E-state index in [1.54, 1.807) is 0 Å². The third kappa shape index (κ3) is 2.12. The molecule has 0 atom stereocenters. The number of aliphatic hydroxyl groups excluding tert-OH is 1. The molecule has 1 aliphatic rings. The zero-order valence-corrected chi connectivity index (χ0v) is 11.0. The van der Waals surface area contributed by atoms with Crippen molar-refractivity contribution < 1.29 is 5.11 Å². The molecule has 20 heavy (non-hydrogen) atoms. The van der Waals surface area contributed by atoms with Crippen LogP contribution in [0.2, 0.25) is 0 Å². The molecular formula is C17H14N2O. The summed E-state index contributed by atoms with van der Waals surface area (Å²) in [6, 6.07) is 19.8. The van der Waals surface area contributed by atoms with E-state index in [0.717, 1.165) is 16.8 Å². The standard InChI is InChI=1S/C17H14N2O/c18-10-16-15-9-5-4-6-13(15)11-19(12-17(16)20)14-7-2-1-3-8-14/h1-9,20H,11-12H2. The number of fused-ring (bicyclic) bond motifs is 1. The van der Waals surface area contributed by atoms with E-state index < -0.39 is 0 Å². The maximum Gasteiger partial charge on any atom is 0.130 e. The van der Waals surface area contributed by atoms with Gasteiger partial charge in [-0.3, -0.25) is 0 Å². The first-order valence-electron chi connectivity index (χ1n) is 6.50. The second kappa shape index (κ2) is 5.10. The van der Waals surface area contributed by atoms with Crippen LogP contribution in [-0.2, 0) is 6.54 Å². The van der Waals surface area contributed by atoms with Crippen LogP contribution in [0, 0.1) is 11.3 Å². The molecule has 0 radical (unpaired) electrons. The van der Waals surface area contributed by atoms with Crippen LogP contribution in [0.25, 0.3) is 5.57 Å². The van der Waals surface area contributed by atoms with Gasteiger partial charge in [0.25, 0.3) is 0 Å². The molecule has 1 heterocycles. The average Bonchev–Trinajstić information content (AvgIpc) is 2.63. The predicted octanol–water partition coefficient (Wildman–Crippen LogP) is 3.50. The Kier molecular flexibility index (Phi) is 3.14. The summed E-state index contributed by atoms with van der Waals surface area (Å²) in [6.45, 7) is 1.02. The Balaban J connectivity index is 2.10. The van der Waals surface area contributed by atoms with E-state index >= 15 is 0 Å². The minimum absolute atomic E-state index is 0.126. The third-order valence-electron chi connectivity index (χ3n) is 3.51. The van der Waals surface area contributed by atoms with E-state index in [9.17, 15) is 10.4 Å². The number of rotatable bonds is 1. The first-order chi connectivity index (χ1) is 9.79. The number of allylic oxidation sites excluding steroid dienone is 1. The molecular weight excluding hydrogens is 248 g/mol. The second-order valence-electron chi connectivity index (χ2n) is 4.78. The molecule has 3 nitrogen and oxygen atoms in total. The molecule has 2 aromatic rings. The van der Waals surface area contributed by atoms with Gasteiger partial charge in [-0.15, -0.1) is 0 Å². The molecule has 1 aliphatic heterocycles. The fourth-order valence-electron chi connectivity index (χ4n) is 2.53. The SMILES string of the molecule is N#CC1=C(O)CN(c2ccccc2)Cc2ccccc21. The molecule has 0 saturated heterocycles. The fraction of sp³-hybridized carbons (Fsp3) is 0.118. The topological polar surface area (TPSA) is 47.3 Å². The minimum atomic E-state index is 0.126. The number of anilines is 1. The lowest BCUT2D eigenvalue weighted by molar-refractivity contribution is 0.403. The molecule has 0 bridgehead atoms. The molecule has 0 unspecified atom stereocenters. The van der Waals surface area contributed by atoms with Gasteiger partial charge in [-0.25, -0.2) is 0 Å². The summed E-state index contributed by atoms with van der Waals surface area (Å²) in [4.78, 5) is 2.07. The number of aliphatic hydroxyl groups is 1. The van der Waals surface area contributed by atoms with Gasteiger partial charge in [0.1, 0.15) is 11.8 Å². The lowest BCUT2D eigenvalue weighted by Gasteiger charge is -2.23. The second-order valence-corrected chi connectivity index (χ2v) is 4.78. The van der Waals surface area contributed by atoms with Gasteiger partial charge < -0.3 is 10.0 Å². The molecule has 2 aromatic carbocycles. The van der Waals surface area contributed by atoms with Crippen LogP contribution in [0.3, 0.4) is 0 Å². The van der Waals surface area contributed by atoms with Crippen LogP contribution in [-0.4, -0.2) is 11.7 Å². The summed E-state index contributed by atoms with van der Waals surface area (Å²) in [5, 5.41) is 19.5. The minimum Gasteiger partial charge on any atom is -0.509 e. The van der Waals surface area contributed by atoms with E-state index in [1.165, 1.54) is 0 Å². The monoisotopic (exact) mass is 262 g/mol. The average molecular weight is 262 g/mol. The number of hydrogen-bond acceptors (Lipinski definition) is 3. The van der Waals surface area contributed by atoms with Crippen molar-refractivity contribution in [3.63, 3.8) is 0 Å². The van der Waals surface area contributed by atoms with Crippen LogP contribution in [0.1, 0.15) is 11.1 Å². The lowest BCUT2D eigenvalue weighted by Crippen LogP contribution is -2.24. The smallest absolute Gasteiger partial charge is 0.130 e. The van der Waals surface area contributed by atoms with Gasteiger partial charge in [0.15, 0.2) is 0 Å². The summed E-state index contributed by atoms with van der Waals surface area (Å²) in [5.74, 6) is 0.126. The molecule has 0 fully saturated rings. The van der Waals surface area contributed by atoms with Crippen molar-refractivity contribution in [3.05, 3.63) is 71.5 Å². The van der Waals surface area contributed by atoms with Crippen molar-refractivity contribution in [2.75, 3.05) is 11.4 Å². The van der Waals surface area contributed by atoms with Crippen molar-refractivity contribution in [1.82, 2.24) is 0 Å². The molecule has 98 valence electrons. The van der Waals surface area contributed by atoms with E-state index in [1.807, 2.05) is 54.6 Å². The van der Waals surface area contributed by atoms with E-state index in [2.05, 4.69) is 11.0 Å². The fourth-order valence-corrected chi connectivity index (χ4v) is 2.53. The first-order valence-corrected chi connectivity index (χ1v) is 6.50. The molecule has 1 N–H and O–H groups in total. The molecule has 0 amide bonds. The summed E-state index contributed by atoms with van der Waals surface area (Å²) in [7, 11) is 0. The maximum absolute atomic E-state index is 10.2. The number of para-hydroxylation sites is 1. The predicted molar refractivity (Wildman–Crippen MR) is 79.1 cm³/mol. The molecule has 3 heteroatoms. The van der Waals surface area contributed by atoms with Crippen molar-refractivity contribution in [2.45, 2.75) is 6.54 Å². The Bertz CT molecular complexity index is 698. The highest BCUT2D eigenvalue weighted by Gasteiger charge is 2.21. The Hall–Kier alpha value is -2.73. The molecule has 3 rings (SSSR count). The van der Waals surface area contributed by atoms with Crippen LogP contribution in [0.4, 0.5) is 5.69 Å². The van der Waals surface area contributed by atoms with Crippen molar-refractivity contribution >= 4 is 11.3 Å². The number of nitrogens with zero attached hydrogens (tertiary/aromatic N) is 2. The number of nitriles is 1. The van der Waals surface area contributed by atoms with Crippen LogP contribution in [0.15, 0.2) is 60.4 Å². The van der Waals surface area contributed by atoms with Gasteiger partial charge in [0, 0.05) is 17.8 Å². The largest absolute Gasteiger partial charge is 0.509 e. The van der Waals surface area contributed by atoms with Crippen molar-refractivity contribution in [2.24, 2.45) is 0 Å². The van der Waals surface area contributed by atoms with Crippen LogP contribution in [0.5, 0.6) is 0 Å². The van der Waals surface area contributed by atoms with Gasteiger partial charge >= 0.3 is 0 Å². The van der Waals surface area contributed by atoms with E-state index in [-0.39, 0.29) is 5.76 Å². The Morgan fingerprint density at radius 1 is 0.950 bits per heavy atom. The van der Waals surface area contributed by atoms with Crippen molar-refractivity contribution in [1.29, 1.82) is 5.26 Å². The summed E-state index contributed by atoms with van der Waals surface area (Å²) in [5.41, 5.74) is 3.29. The van der Waals surface area contributed by atoms with Crippen molar-refractivity contribution in [3.8, 4) is 6.07 Å². The van der Waals surface area contributed by atoms with Gasteiger partial charge in [-0.05, 0) is 17.7 Å². The summed E-state index contributed by atoms with van der Waals surface area (Å²) in [6.07, 6.45) is 0. The third-order valence-corrected chi connectivity index (χ3v) is 3.51. The first kappa shape index (κ1) is 12.3. The molecule has 0 aliphatic carbocycles. The lowest BCUT2D eigenvalue weighted by atomic mass is 10.0. The van der Waals surface area contributed by atoms with Gasteiger partial charge in [0.05, 0.1) is 12.1 Å². The summed E-state index contributed by atoms with van der Waals surface area (Å²) >= 11 is 0. The number of hydrogen-bond donors (Lipinski definition) is 1. The Morgan fingerprint density at radius 2 is 1.65 bits per heavy atom. The van der Waals surface area contributed by atoms with Crippen LogP contribution >= 0.6 is 0 Å². The zero-order valence-electron chi connectivity index (χ0n) is 11.0. The Labute approximate surface area is 118 Å². The quantitative estimate of drug-likeness (QED) is 0.855. The van der Waals surface area contributed by atoms with Crippen LogP contribution < -0.4 is 4.90 Å². The van der Waals surface area contributed by atoms with Gasteiger partial charge in [0.2, 0.25) is 0 Å². The molecule has 0 spiro atoms. The molecule has 0 saturated carbocycles. The van der Waals surface area contributed by atoms with E-state index in [4.69, 9.17) is 0 Å². The normalized spacial score (nSPS) is 14.4. The zero-order chi connectivity index (χ0) is 13.9. The summed E-state index contributed by atoms with van der Waals surface area (Å²) < 4.78 is 0. The molecule has 0 aromatic heterocycles. The van der Waals surface area contributed by atoms with Gasteiger partial charge in [-0.1, -0.05) is 42.5 Å². The maximum atomic E-state index is 10.2. The number of benzene rings is 2. The van der Waals surface area contributed by atoms with Gasteiger partial charge in [-0.2, -0.15) is 5.26 Å². The Morgan fingerprint density at radius 3 is 2.40 bits per heavy atom.